The van der Waals surface area contributed by atoms with E-state index in [1.165, 1.54) is 14.2 Å². The number of hydrazine groups is 1. The zero-order valence-corrected chi connectivity index (χ0v) is 16.6. The highest BCUT2D eigenvalue weighted by Crippen LogP contribution is 2.48. The highest BCUT2D eigenvalue weighted by molar-refractivity contribution is 6.20. The lowest BCUT2D eigenvalue weighted by molar-refractivity contribution is -0.161. The number of esters is 2. The van der Waals surface area contributed by atoms with Gasteiger partial charge in [0.1, 0.15) is 0 Å². The molecule has 2 aromatic carbocycles. The fourth-order valence-corrected chi connectivity index (χ4v) is 4.36. The quantitative estimate of drug-likeness (QED) is 0.472. The SMILES string of the molecule is COC(=O)C1NN2C(c3ccccc3)C=CC(c3ccccc3)C2(C(=O)OC)C1=O. The lowest BCUT2D eigenvalue weighted by Crippen LogP contribution is -2.63. The molecule has 4 rings (SSSR count). The van der Waals surface area contributed by atoms with Crippen molar-refractivity contribution in [3.8, 4) is 0 Å². The van der Waals surface area contributed by atoms with E-state index in [1.807, 2.05) is 72.8 Å². The molecule has 2 aromatic rings. The smallest absolute Gasteiger partial charge is 0.336 e. The van der Waals surface area contributed by atoms with Crippen molar-refractivity contribution in [3.05, 3.63) is 83.9 Å². The van der Waals surface area contributed by atoms with E-state index in [9.17, 15) is 14.4 Å². The number of carbonyl (C=O) groups is 3. The number of nitrogens with one attached hydrogen (secondary N) is 1. The zero-order valence-electron chi connectivity index (χ0n) is 16.6. The van der Waals surface area contributed by atoms with Gasteiger partial charge in [0.05, 0.1) is 20.3 Å². The number of rotatable bonds is 4. The third-order valence-corrected chi connectivity index (χ3v) is 5.73. The van der Waals surface area contributed by atoms with Gasteiger partial charge < -0.3 is 9.47 Å². The first-order valence-corrected chi connectivity index (χ1v) is 9.60. The number of carbonyl (C=O) groups excluding carboxylic acids is 3. The standard InChI is InChI=1S/C23H22N2O5/c1-29-21(27)19-20(26)23(22(28)30-2)17(15-9-5-3-6-10-15)13-14-18(25(23)24-19)16-11-7-4-8-12-16/h3-14,17-19,24H,1-2H3. The molecule has 4 unspecified atom stereocenters. The molecule has 7 nitrogen and oxygen atoms in total. The molecule has 1 saturated heterocycles. The number of benzene rings is 2. The lowest BCUT2D eigenvalue weighted by atomic mass is 9.72. The molecule has 4 atom stereocenters. The maximum Gasteiger partial charge on any atom is 0.336 e. The molecule has 1 N–H and O–H groups in total. The summed E-state index contributed by atoms with van der Waals surface area (Å²) in [5, 5.41) is 1.55. The summed E-state index contributed by atoms with van der Waals surface area (Å²) in [6.07, 6.45) is 3.77. The van der Waals surface area contributed by atoms with Crippen LogP contribution in [0.2, 0.25) is 0 Å². The first-order chi connectivity index (χ1) is 14.6. The number of methoxy groups -OCH3 is 2. The fraction of sp³-hybridized carbons (Fsp3) is 0.261. The van der Waals surface area contributed by atoms with Crippen LogP contribution in [0.3, 0.4) is 0 Å². The Bertz CT molecular complexity index is 991. The second-order valence-electron chi connectivity index (χ2n) is 7.21. The summed E-state index contributed by atoms with van der Waals surface area (Å²) in [7, 11) is 2.45. The summed E-state index contributed by atoms with van der Waals surface area (Å²) in [5.41, 5.74) is 2.82. The molecule has 154 valence electrons. The Hall–Kier alpha value is -3.29. The van der Waals surface area contributed by atoms with Gasteiger partial charge in [-0.3, -0.25) is 4.79 Å². The summed E-state index contributed by atoms with van der Waals surface area (Å²) >= 11 is 0. The predicted molar refractivity (Wildman–Crippen MR) is 108 cm³/mol. The third-order valence-electron chi connectivity index (χ3n) is 5.73. The Balaban J connectivity index is 1.95. The summed E-state index contributed by atoms with van der Waals surface area (Å²) in [4.78, 5) is 39.4. The van der Waals surface area contributed by atoms with Crippen molar-refractivity contribution in [1.82, 2.24) is 10.4 Å². The fourth-order valence-electron chi connectivity index (χ4n) is 4.36. The molecule has 2 aliphatic heterocycles. The molecular weight excluding hydrogens is 384 g/mol. The van der Waals surface area contributed by atoms with Crippen LogP contribution >= 0.6 is 0 Å². The average Bonchev–Trinajstić information content (AvgIpc) is 3.12. The van der Waals surface area contributed by atoms with E-state index in [0.717, 1.165) is 11.1 Å². The Morgan fingerprint density at radius 3 is 2.07 bits per heavy atom. The van der Waals surface area contributed by atoms with E-state index >= 15 is 0 Å². The van der Waals surface area contributed by atoms with Crippen LogP contribution in [0.5, 0.6) is 0 Å². The third kappa shape index (κ3) is 2.86. The van der Waals surface area contributed by atoms with Crippen LogP contribution in [0.4, 0.5) is 0 Å². The molecule has 0 bridgehead atoms. The van der Waals surface area contributed by atoms with Crippen molar-refractivity contribution in [2.45, 2.75) is 23.5 Å². The number of hydrogen-bond acceptors (Lipinski definition) is 7. The van der Waals surface area contributed by atoms with Gasteiger partial charge in [-0.1, -0.05) is 72.8 Å². The Labute approximate surface area is 174 Å². The molecule has 0 aliphatic carbocycles. The number of ketones is 1. The normalized spacial score (nSPS) is 28.1. The maximum absolute atomic E-state index is 13.7. The van der Waals surface area contributed by atoms with Crippen LogP contribution in [0, 0.1) is 0 Å². The molecule has 0 radical (unpaired) electrons. The Morgan fingerprint density at radius 2 is 1.50 bits per heavy atom. The van der Waals surface area contributed by atoms with Gasteiger partial charge in [0.15, 0.2) is 11.8 Å². The average molecular weight is 406 g/mol. The van der Waals surface area contributed by atoms with E-state index in [0.29, 0.717) is 0 Å². The molecule has 0 aromatic heterocycles. The topological polar surface area (TPSA) is 84.9 Å². The highest BCUT2D eigenvalue weighted by atomic mass is 16.5. The van der Waals surface area contributed by atoms with Crippen molar-refractivity contribution in [2.24, 2.45) is 0 Å². The molecule has 2 heterocycles. The van der Waals surface area contributed by atoms with E-state index < -0.39 is 41.3 Å². The van der Waals surface area contributed by atoms with E-state index in [1.54, 1.807) is 5.01 Å². The highest BCUT2D eigenvalue weighted by Gasteiger charge is 2.68. The molecule has 0 saturated carbocycles. The van der Waals surface area contributed by atoms with Crippen LogP contribution in [0.1, 0.15) is 23.1 Å². The second-order valence-corrected chi connectivity index (χ2v) is 7.21. The first-order valence-electron chi connectivity index (χ1n) is 9.60. The molecule has 0 amide bonds. The summed E-state index contributed by atoms with van der Waals surface area (Å²) in [5.74, 6) is -2.73. The minimum absolute atomic E-state index is 0.469. The summed E-state index contributed by atoms with van der Waals surface area (Å²) in [6.45, 7) is 0. The molecule has 30 heavy (non-hydrogen) atoms. The number of fused-ring (bicyclic) bond motifs is 1. The van der Waals surface area contributed by atoms with Gasteiger partial charge in [0.25, 0.3) is 0 Å². The van der Waals surface area contributed by atoms with Crippen LogP contribution in [0.25, 0.3) is 0 Å². The van der Waals surface area contributed by atoms with Crippen molar-refractivity contribution in [2.75, 3.05) is 14.2 Å². The lowest BCUT2D eigenvalue weighted by Gasteiger charge is -2.44. The summed E-state index contributed by atoms with van der Waals surface area (Å²) < 4.78 is 9.96. The number of ether oxygens (including phenoxy) is 2. The van der Waals surface area contributed by atoms with Crippen LogP contribution in [0.15, 0.2) is 72.8 Å². The predicted octanol–water partition coefficient (Wildman–Crippen LogP) is 1.92. The molecule has 0 spiro atoms. The molecule has 1 fully saturated rings. The molecule has 2 aliphatic rings. The van der Waals surface area contributed by atoms with Gasteiger partial charge >= 0.3 is 11.9 Å². The largest absolute Gasteiger partial charge is 0.467 e. The van der Waals surface area contributed by atoms with Gasteiger partial charge in [-0.05, 0) is 11.1 Å². The van der Waals surface area contributed by atoms with Crippen LogP contribution in [-0.2, 0) is 23.9 Å². The minimum Gasteiger partial charge on any atom is -0.467 e. The maximum atomic E-state index is 13.7. The van der Waals surface area contributed by atoms with Crippen molar-refractivity contribution < 1.29 is 23.9 Å². The van der Waals surface area contributed by atoms with Gasteiger partial charge in [-0.15, -0.1) is 0 Å². The number of Topliss-reactive ketones (excluding diaryl/α,β-unsaturated/α-hetero) is 1. The van der Waals surface area contributed by atoms with E-state index in [-0.39, 0.29) is 0 Å². The summed E-state index contributed by atoms with van der Waals surface area (Å²) in [6, 6.07) is 16.9. The van der Waals surface area contributed by atoms with E-state index in [4.69, 9.17) is 9.47 Å². The minimum atomic E-state index is -1.76. The Kier molecular flexibility index (Phi) is 5.24. The van der Waals surface area contributed by atoms with Gasteiger partial charge in [0.2, 0.25) is 5.54 Å². The van der Waals surface area contributed by atoms with Crippen molar-refractivity contribution >= 4 is 17.7 Å². The molecular formula is C23H22N2O5. The van der Waals surface area contributed by atoms with Gasteiger partial charge in [0, 0.05) is 5.92 Å². The van der Waals surface area contributed by atoms with E-state index in [2.05, 4.69) is 5.43 Å². The number of nitrogens with zero attached hydrogens (tertiary/aromatic N) is 1. The number of hydrogen-bond donors (Lipinski definition) is 1. The zero-order chi connectivity index (χ0) is 21.3. The Morgan fingerprint density at radius 1 is 0.900 bits per heavy atom. The van der Waals surface area contributed by atoms with Gasteiger partial charge in [-0.2, -0.15) is 0 Å². The second kappa shape index (κ2) is 7.85. The van der Waals surface area contributed by atoms with Crippen LogP contribution in [-0.4, -0.2) is 48.5 Å². The molecule has 7 heteroatoms. The monoisotopic (exact) mass is 406 g/mol. The van der Waals surface area contributed by atoms with Crippen molar-refractivity contribution in [3.63, 3.8) is 0 Å². The van der Waals surface area contributed by atoms with Crippen molar-refractivity contribution in [1.29, 1.82) is 0 Å². The van der Waals surface area contributed by atoms with Gasteiger partial charge in [-0.25, -0.2) is 20.0 Å². The first kappa shape index (κ1) is 20.0. The van der Waals surface area contributed by atoms with Crippen LogP contribution < -0.4 is 5.43 Å².